The largest absolute Gasteiger partial charge is 0.444 e. The van der Waals surface area contributed by atoms with E-state index in [-0.39, 0.29) is 5.78 Å². The maximum atomic E-state index is 12.3. The van der Waals surface area contributed by atoms with Crippen LogP contribution < -0.4 is 5.32 Å². The zero-order valence-corrected chi connectivity index (χ0v) is 13.6. The summed E-state index contributed by atoms with van der Waals surface area (Å²) in [6.07, 6.45) is -0.457. The smallest absolute Gasteiger partial charge is 0.407 e. The van der Waals surface area contributed by atoms with Crippen LogP contribution in [0.2, 0.25) is 0 Å². The molecular formula is C19H21NO3. The summed E-state index contributed by atoms with van der Waals surface area (Å²) >= 11 is 0. The monoisotopic (exact) mass is 311 g/mol. The average molecular weight is 311 g/mol. The molecule has 0 aliphatic rings. The highest BCUT2D eigenvalue weighted by molar-refractivity contribution is 6.08. The molecule has 4 heteroatoms. The molecule has 0 atom stereocenters. The minimum absolute atomic E-state index is 0.0164. The van der Waals surface area contributed by atoms with Gasteiger partial charge < -0.3 is 10.1 Å². The molecule has 2 aromatic carbocycles. The van der Waals surface area contributed by atoms with E-state index in [0.717, 1.165) is 5.56 Å². The van der Waals surface area contributed by atoms with Gasteiger partial charge in [0, 0.05) is 17.7 Å². The fraction of sp³-hybridized carbons (Fsp3) is 0.263. The van der Waals surface area contributed by atoms with E-state index in [9.17, 15) is 9.59 Å². The molecule has 0 aromatic heterocycles. The molecule has 2 aromatic rings. The Bertz CT molecular complexity index is 670. The molecule has 0 heterocycles. The highest BCUT2D eigenvalue weighted by Gasteiger charge is 2.15. The lowest BCUT2D eigenvalue weighted by molar-refractivity contribution is 0.0523. The molecule has 0 radical (unpaired) electrons. The summed E-state index contributed by atoms with van der Waals surface area (Å²) in [7, 11) is 0. The van der Waals surface area contributed by atoms with Gasteiger partial charge in [0.05, 0.1) is 0 Å². The zero-order valence-electron chi connectivity index (χ0n) is 13.6. The molecule has 1 amide bonds. The van der Waals surface area contributed by atoms with Gasteiger partial charge in [-0.05, 0) is 26.3 Å². The number of hydrogen-bond acceptors (Lipinski definition) is 3. The summed E-state index contributed by atoms with van der Waals surface area (Å²) in [6.45, 7) is 5.80. The van der Waals surface area contributed by atoms with E-state index in [1.54, 1.807) is 24.3 Å². The van der Waals surface area contributed by atoms with Crippen LogP contribution in [-0.4, -0.2) is 17.5 Å². The van der Waals surface area contributed by atoms with Crippen molar-refractivity contribution in [1.82, 2.24) is 5.32 Å². The third-order valence-corrected chi connectivity index (χ3v) is 3.09. The molecule has 120 valence electrons. The van der Waals surface area contributed by atoms with Crippen molar-refractivity contribution in [2.45, 2.75) is 32.9 Å². The third kappa shape index (κ3) is 5.25. The first-order valence-electron chi connectivity index (χ1n) is 7.51. The van der Waals surface area contributed by atoms with E-state index >= 15 is 0 Å². The van der Waals surface area contributed by atoms with Gasteiger partial charge in [0.25, 0.3) is 0 Å². The molecule has 23 heavy (non-hydrogen) atoms. The fourth-order valence-corrected chi connectivity index (χ4v) is 2.02. The minimum Gasteiger partial charge on any atom is -0.444 e. The molecule has 4 nitrogen and oxygen atoms in total. The first-order valence-corrected chi connectivity index (χ1v) is 7.51. The van der Waals surface area contributed by atoms with Crippen molar-refractivity contribution in [3.63, 3.8) is 0 Å². The van der Waals surface area contributed by atoms with Crippen LogP contribution in [0.3, 0.4) is 0 Å². The van der Waals surface area contributed by atoms with Crippen LogP contribution >= 0.6 is 0 Å². The summed E-state index contributed by atoms with van der Waals surface area (Å²) in [6, 6.07) is 16.3. The average Bonchev–Trinajstić information content (AvgIpc) is 2.52. The topological polar surface area (TPSA) is 55.4 Å². The Labute approximate surface area is 136 Å². The number of nitrogens with one attached hydrogen (secondary N) is 1. The van der Waals surface area contributed by atoms with Gasteiger partial charge in [-0.25, -0.2) is 4.79 Å². The molecule has 0 unspecified atom stereocenters. The number of carbonyl (C=O) groups excluding carboxylic acids is 2. The van der Waals surface area contributed by atoms with E-state index in [4.69, 9.17) is 4.74 Å². The second-order valence-corrected chi connectivity index (χ2v) is 6.25. The molecule has 0 bridgehead atoms. The second kappa shape index (κ2) is 7.09. The van der Waals surface area contributed by atoms with E-state index in [1.807, 2.05) is 51.1 Å². The van der Waals surface area contributed by atoms with E-state index in [1.165, 1.54) is 0 Å². The standard InChI is InChI=1S/C19H21NO3/c1-19(2,3)23-18(22)20-13-14-9-11-16(12-10-14)17(21)15-7-5-4-6-8-15/h4-12H,13H2,1-3H3,(H,20,22). The van der Waals surface area contributed by atoms with Gasteiger partial charge >= 0.3 is 6.09 Å². The van der Waals surface area contributed by atoms with Crippen molar-refractivity contribution in [2.24, 2.45) is 0 Å². The summed E-state index contributed by atoms with van der Waals surface area (Å²) < 4.78 is 5.18. The van der Waals surface area contributed by atoms with Crippen molar-refractivity contribution < 1.29 is 14.3 Å². The van der Waals surface area contributed by atoms with Crippen molar-refractivity contribution >= 4 is 11.9 Å². The van der Waals surface area contributed by atoms with Crippen LogP contribution in [0.15, 0.2) is 54.6 Å². The highest BCUT2D eigenvalue weighted by atomic mass is 16.6. The van der Waals surface area contributed by atoms with E-state index in [2.05, 4.69) is 5.32 Å². The molecule has 0 saturated heterocycles. The normalized spacial score (nSPS) is 10.9. The number of alkyl carbamates (subject to hydrolysis) is 1. The Morgan fingerprint density at radius 3 is 2.04 bits per heavy atom. The third-order valence-electron chi connectivity index (χ3n) is 3.09. The molecule has 0 aliphatic carbocycles. The summed E-state index contributed by atoms with van der Waals surface area (Å²) in [5, 5.41) is 2.69. The van der Waals surface area contributed by atoms with Gasteiger partial charge in [0.15, 0.2) is 5.78 Å². The maximum Gasteiger partial charge on any atom is 0.407 e. The Morgan fingerprint density at radius 2 is 1.48 bits per heavy atom. The Kier molecular flexibility index (Phi) is 5.16. The maximum absolute atomic E-state index is 12.3. The van der Waals surface area contributed by atoms with Crippen molar-refractivity contribution in [3.05, 3.63) is 71.3 Å². The number of benzene rings is 2. The quantitative estimate of drug-likeness (QED) is 0.870. The first kappa shape index (κ1) is 16.7. The van der Waals surface area contributed by atoms with Crippen molar-refractivity contribution in [1.29, 1.82) is 0 Å². The zero-order chi connectivity index (χ0) is 16.9. The first-order chi connectivity index (χ1) is 10.8. The van der Waals surface area contributed by atoms with Gasteiger partial charge in [-0.1, -0.05) is 54.6 Å². The van der Waals surface area contributed by atoms with E-state index in [0.29, 0.717) is 17.7 Å². The number of ether oxygens (including phenoxy) is 1. The van der Waals surface area contributed by atoms with Crippen LogP contribution in [0, 0.1) is 0 Å². The predicted octanol–water partition coefficient (Wildman–Crippen LogP) is 3.94. The van der Waals surface area contributed by atoms with E-state index < -0.39 is 11.7 Å². The van der Waals surface area contributed by atoms with Gasteiger partial charge in [-0.15, -0.1) is 0 Å². The van der Waals surface area contributed by atoms with Crippen LogP contribution in [0.4, 0.5) is 4.79 Å². The Morgan fingerprint density at radius 1 is 0.913 bits per heavy atom. The fourth-order valence-electron chi connectivity index (χ4n) is 2.02. The summed E-state index contributed by atoms with van der Waals surface area (Å²) in [4.78, 5) is 23.9. The lowest BCUT2D eigenvalue weighted by Gasteiger charge is -2.19. The summed E-state index contributed by atoms with van der Waals surface area (Å²) in [5.41, 5.74) is 1.67. The Hall–Kier alpha value is -2.62. The van der Waals surface area contributed by atoms with Gasteiger partial charge in [0.1, 0.15) is 5.60 Å². The number of amides is 1. The number of carbonyl (C=O) groups is 2. The Balaban J connectivity index is 1.95. The SMILES string of the molecule is CC(C)(C)OC(=O)NCc1ccc(C(=O)c2ccccc2)cc1. The summed E-state index contributed by atoms with van der Waals surface area (Å²) in [5.74, 6) is -0.0164. The van der Waals surface area contributed by atoms with Crippen LogP contribution in [0.5, 0.6) is 0 Å². The van der Waals surface area contributed by atoms with Crippen LogP contribution in [0.25, 0.3) is 0 Å². The molecule has 0 saturated carbocycles. The molecule has 2 rings (SSSR count). The molecule has 1 N–H and O–H groups in total. The minimum atomic E-state index is -0.518. The number of rotatable bonds is 4. The lowest BCUT2D eigenvalue weighted by atomic mass is 10.0. The number of ketones is 1. The van der Waals surface area contributed by atoms with Gasteiger partial charge in [-0.2, -0.15) is 0 Å². The number of hydrogen-bond donors (Lipinski definition) is 1. The highest BCUT2D eigenvalue weighted by Crippen LogP contribution is 2.11. The molecule has 0 aliphatic heterocycles. The predicted molar refractivity (Wildman–Crippen MR) is 89.4 cm³/mol. The van der Waals surface area contributed by atoms with Crippen molar-refractivity contribution in [2.75, 3.05) is 0 Å². The van der Waals surface area contributed by atoms with Crippen LogP contribution in [-0.2, 0) is 11.3 Å². The lowest BCUT2D eigenvalue weighted by Crippen LogP contribution is -2.32. The molecule has 0 spiro atoms. The van der Waals surface area contributed by atoms with Gasteiger partial charge in [-0.3, -0.25) is 4.79 Å². The van der Waals surface area contributed by atoms with Crippen molar-refractivity contribution in [3.8, 4) is 0 Å². The van der Waals surface area contributed by atoms with Crippen LogP contribution in [0.1, 0.15) is 42.3 Å². The van der Waals surface area contributed by atoms with Gasteiger partial charge in [0.2, 0.25) is 0 Å². The second-order valence-electron chi connectivity index (χ2n) is 6.25. The molecule has 0 fully saturated rings. The molecular weight excluding hydrogens is 290 g/mol.